The highest BCUT2D eigenvalue weighted by molar-refractivity contribution is 5.78. The number of hydrogen-bond acceptors (Lipinski definition) is 3. The summed E-state index contributed by atoms with van der Waals surface area (Å²) in [4.78, 5) is 11.2. The minimum atomic E-state index is -0.908. The molecule has 0 aliphatic rings. The van der Waals surface area contributed by atoms with Gasteiger partial charge in [0.2, 0.25) is 0 Å². The Hall–Kier alpha value is -1.55. The van der Waals surface area contributed by atoms with E-state index in [2.05, 4.69) is 5.32 Å². The van der Waals surface area contributed by atoms with Crippen molar-refractivity contribution in [1.82, 2.24) is 5.32 Å². The zero-order valence-electron chi connectivity index (χ0n) is 11.4. The number of carboxylic acid groups (broad SMARTS) is 1. The van der Waals surface area contributed by atoms with Crippen molar-refractivity contribution in [3.8, 4) is 5.75 Å². The van der Waals surface area contributed by atoms with E-state index in [1.807, 2.05) is 32.0 Å². The number of carbonyl (C=O) groups is 1. The molecule has 1 aromatic carbocycles. The lowest BCUT2D eigenvalue weighted by atomic mass is 9.98. The molecule has 4 heteroatoms. The molecule has 100 valence electrons. The molecule has 1 aromatic rings. The maximum atomic E-state index is 11.2. The summed E-state index contributed by atoms with van der Waals surface area (Å²) in [6.45, 7) is 6.02. The number of nitrogens with one attached hydrogen (secondary N) is 1. The summed E-state index contributed by atoms with van der Waals surface area (Å²) < 4.78 is 5.27. The third-order valence-electron chi connectivity index (χ3n) is 3.28. The van der Waals surface area contributed by atoms with Gasteiger partial charge in [0.1, 0.15) is 11.3 Å². The van der Waals surface area contributed by atoms with Crippen molar-refractivity contribution in [2.75, 3.05) is 7.11 Å². The van der Waals surface area contributed by atoms with E-state index >= 15 is 0 Å². The first-order chi connectivity index (χ1) is 8.42. The average molecular weight is 251 g/mol. The molecule has 1 atom stereocenters. The van der Waals surface area contributed by atoms with E-state index in [0.29, 0.717) is 13.0 Å². The van der Waals surface area contributed by atoms with Crippen LogP contribution in [0.5, 0.6) is 5.75 Å². The lowest BCUT2D eigenvalue weighted by Gasteiger charge is -2.25. The normalized spacial score (nSPS) is 14.0. The highest BCUT2D eigenvalue weighted by Gasteiger charge is 2.30. The Morgan fingerprint density at radius 2 is 2.17 bits per heavy atom. The fourth-order valence-corrected chi connectivity index (χ4v) is 1.69. The van der Waals surface area contributed by atoms with E-state index in [9.17, 15) is 9.90 Å². The minimum absolute atomic E-state index is 0.474. The molecule has 18 heavy (non-hydrogen) atoms. The number of ether oxygens (including phenoxy) is 1. The monoisotopic (exact) mass is 251 g/mol. The van der Waals surface area contributed by atoms with Crippen LogP contribution in [0.1, 0.15) is 31.4 Å². The van der Waals surface area contributed by atoms with Gasteiger partial charge in [-0.05, 0) is 26.3 Å². The second-order valence-corrected chi connectivity index (χ2v) is 4.66. The van der Waals surface area contributed by atoms with Gasteiger partial charge in [-0.15, -0.1) is 0 Å². The zero-order valence-corrected chi connectivity index (χ0v) is 11.4. The lowest BCUT2D eigenvalue weighted by molar-refractivity contribution is -0.144. The van der Waals surface area contributed by atoms with Gasteiger partial charge in [0.05, 0.1) is 7.11 Å². The number of hydrogen-bond donors (Lipinski definition) is 2. The van der Waals surface area contributed by atoms with Crippen LogP contribution in [0.4, 0.5) is 0 Å². The van der Waals surface area contributed by atoms with Crippen molar-refractivity contribution < 1.29 is 14.6 Å². The van der Waals surface area contributed by atoms with Crippen molar-refractivity contribution in [2.24, 2.45) is 0 Å². The number of rotatable bonds is 6. The molecule has 2 N–H and O–H groups in total. The van der Waals surface area contributed by atoms with Gasteiger partial charge in [-0.25, -0.2) is 0 Å². The Balaban J connectivity index is 2.85. The molecule has 0 spiro atoms. The first-order valence-electron chi connectivity index (χ1n) is 6.05. The number of aliphatic carboxylic acids is 1. The SMILES string of the molecule is CCC(C)(NCc1cc(C)ccc1OC)C(=O)O. The van der Waals surface area contributed by atoms with Crippen LogP contribution in [0.15, 0.2) is 18.2 Å². The molecule has 4 nitrogen and oxygen atoms in total. The number of aryl methyl sites for hydroxylation is 1. The molecule has 0 aliphatic carbocycles. The predicted octanol–water partition coefficient (Wildman–Crippen LogP) is 2.35. The van der Waals surface area contributed by atoms with Crippen molar-refractivity contribution in [2.45, 2.75) is 39.3 Å². The molecule has 1 rings (SSSR count). The smallest absolute Gasteiger partial charge is 0.323 e. The van der Waals surface area contributed by atoms with E-state index < -0.39 is 11.5 Å². The molecule has 0 bridgehead atoms. The van der Waals surface area contributed by atoms with Crippen LogP contribution in [0.2, 0.25) is 0 Å². The summed E-state index contributed by atoms with van der Waals surface area (Å²) in [6.07, 6.45) is 0.524. The summed E-state index contributed by atoms with van der Waals surface area (Å²) in [6, 6.07) is 5.87. The summed E-state index contributed by atoms with van der Waals surface area (Å²) in [5, 5.41) is 12.3. The van der Waals surface area contributed by atoms with Crippen LogP contribution in [0, 0.1) is 6.92 Å². The molecule has 0 aromatic heterocycles. The Morgan fingerprint density at radius 1 is 1.50 bits per heavy atom. The van der Waals surface area contributed by atoms with Crippen molar-refractivity contribution in [3.05, 3.63) is 29.3 Å². The molecule has 0 saturated carbocycles. The Labute approximate surface area is 108 Å². The van der Waals surface area contributed by atoms with E-state index in [1.54, 1.807) is 14.0 Å². The third-order valence-corrected chi connectivity index (χ3v) is 3.28. The number of benzene rings is 1. The van der Waals surface area contributed by atoms with E-state index in [1.165, 1.54) is 0 Å². The van der Waals surface area contributed by atoms with Crippen LogP contribution >= 0.6 is 0 Å². The topological polar surface area (TPSA) is 58.6 Å². The molecule has 0 fully saturated rings. The highest BCUT2D eigenvalue weighted by atomic mass is 16.5. The van der Waals surface area contributed by atoms with Crippen LogP contribution < -0.4 is 10.1 Å². The average Bonchev–Trinajstić information content (AvgIpc) is 2.35. The molecule has 0 radical (unpaired) electrons. The molecule has 0 aliphatic heterocycles. The number of methoxy groups -OCH3 is 1. The fraction of sp³-hybridized carbons (Fsp3) is 0.500. The van der Waals surface area contributed by atoms with Gasteiger partial charge in [-0.1, -0.05) is 24.6 Å². The molecular formula is C14H21NO3. The number of carboxylic acids is 1. The maximum Gasteiger partial charge on any atom is 0.323 e. The Kier molecular flexibility index (Phi) is 4.73. The summed E-state index contributed by atoms with van der Waals surface area (Å²) in [5.74, 6) is -0.0615. The molecule has 0 amide bonds. The van der Waals surface area contributed by atoms with Gasteiger partial charge >= 0.3 is 5.97 Å². The van der Waals surface area contributed by atoms with Crippen molar-refractivity contribution >= 4 is 5.97 Å². The highest BCUT2D eigenvalue weighted by Crippen LogP contribution is 2.21. The molecular weight excluding hydrogens is 230 g/mol. The largest absolute Gasteiger partial charge is 0.496 e. The first-order valence-corrected chi connectivity index (χ1v) is 6.05. The molecule has 0 heterocycles. The molecule has 0 saturated heterocycles. The third kappa shape index (κ3) is 3.23. The van der Waals surface area contributed by atoms with Gasteiger partial charge in [-0.3, -0.25) is 10.1 Å². The predicted molar refractivity (Wildman–Crippen MR) is 70.9 cm³/mol. The van der Waals surface area contributed by atoms with E-state index in [0.717, 1.165) is 16.9 Å². The first kappa shape index (κ1) is 14.5. The van der Waals surface area contributed by atoms with Crippen LogP contribution in [-0.4, -0.2) is 23.7 Å². The Bertz CT molecular complexity index is 431. The zero-order chi connectivity index (χ0) is 13.8. The maximum absolute atomic E-state index is 11.2. The van der Waals surface area contributed by atoms with Gasteiger partial charge in [0, 0.05) is 12.1 Å². The Morgan fingerprint density at radius 3 is 2.67 bits per heavy atom. The summed E-state index contributed by atoms with van der Waals surface area (Å²) >= 11 is 0. The van der Waals surface area contributed by atoms with Gasteiger partial charge in [-0.2, -0.15) is 0 Å². The van der Waals surface area contributed by atoms with Crippen molar-refractivity contribution in [1.29, 1.82) is 0 Å². The standard InChI is InChI=1S/C14H21NO3/c1-5-14(3,13(16)17)15-9-11-8-10(2)6-7-12(11)18-4/h6-8,15H,5,9H2,1-4H3,(H,16,17). The van der Waals surface area contributed by atoms with Crippen LogP contribution in [0.3, 0.4) is 0 Å². The van der Waals surface area contributed by atoms with Gasteiger partial charge < -0.3 is 9.84 Å². The van der Waals surface area contributed by atoms with Crippen LogP contribution in [0.25, 0.3) is 0 Å². The van der Waals surface area contributed by atoms with E-state index in [4.69, 9.17) is 4.74 Å². The quantitative estimate of drug-likeness (QED) is 0.814. The van der Waals surface area contributed by atoms with E-state index in [-0.39, 0.29) is 0 Å². The van der Waals surface area contributed by atoms with Gasteiger partial charge in [0.15, 0.2) is 0 Å². The summed E-state index contributed by atoms with van der Waals surface area (Å²) in [7, 11) is 1.62. The van der Waals surface area contributed by atoms with Crippen LogP contribution in [-0.2, 0) is 11.3 Å². The van der Waals surface area contributed by atoms with Gasteiger partial charge in [0.25, 0.3) is 0 Å². The molecule has 1 unspecified atom stereocenters. The lowest BCUT2D eigenvalue weighted by Crippen LogP contribution is -2.48. The fourth-order valence-electron chi connectivity index (χ4n) is 1.69. The second-order valence-electron chi connectivity index (χ2n) is 4.66. The minimum Gasteiger partial charge on any atom is -0.496 e. The van der Waals surface area contributed by atoms with Crippen molar-refractivity contribution in [3.63, 3.8) is 0 Å². The summed E-state index contributed by atoms with van der Waals surface area (Å²) in [5.41, 5.74) is 1.19. The second kappa shape index (κ2) is 5.87.